The van der Waals surface area contributed by atoms with Crippen LogP contribution in [0.25, 0.3) is 6.08 Å². The molecule has 0 spiro atoms. The second-order valence-electron chi connectivity index (χ2n) is 7.33. The molecule has 158 valence electrons. The van der Waals surface area contributed by atoms with Crippen molar-refractivity contribution in [3.8, 4) is 5.75 Å². The largest absolute Gasteiger partial charge is 0.497 e. The number of nitrogens with zero attached hydrogens (tertiary/aromatic N) is 3. The minimum atomic E-state index is -0.127. The molecule has 0 bridgehead atoms. The van der Waals surface area contributed by atoms with Crippen LogP contribution >= 0.6 is 23.1 Å². The molecule has 0 saturated heterocycles. The number of anilines is 1. The highest BCUT2D eigenvalue weighted by molar-refractivity contribution is 8.13. The van der Waals surface area contributed by atoms with E-state index in [2.05, 4.69) is 16.4 Å². The Bertz CT molecular complexity index is 1160. The third-order valence-electron chi connectivity index (χ3n) is 4.73. The molecular weight excluding hydrogens is 426 g/mol. The summed E-state index contributed by atoms with van der Waals surface area (Å²) in [4.78, 5) is 24.3. The van der Waals surface area contributed by atoms with Crippen LogP contribution in [0.3, 0.4) is 0 Å². The predicted molar refractivity (Wildman–Crippen MR) is 130 cm³/mol. The second-order valence-corrected chi connectivity index (χ2v) is 9.33. The average molecular weight is 450 g/mol. The molecule has 7 heteroatoms. The van der Waals surface area contributed by atoms with Gasteiger partial charge in [0.25, 0.3) is 5.91 Å². The quantitative estimate of drug-likeness (QED) is 0.465. The summed E-state index contributed by atoms with van der Waals surface area (Å²) in [6, 6.07) is 13.7. The van der Waals surface area contributed by atoms with E-state index in [-0.39, 0.29) is 5.91 Å². The number of aliphatic imine (C=N–C) groups is 1. The number of methoxy groups -OCH3 is 1. The van der Waals surface area contributed by atoms with E-state index in [1.54, 1.807) is 23.3 Å². The molecular formula is C24H23N3O2S2. The fourth-order valence-corrected chi connectivity index (χ4v) is 4.99. The molecule has 5 nitrogen and oxygen atoms in total. The number of thioether (sulfide) groups is 1. The molecule has 0 aliphatic carbocycles. The Hall–Kier alpha value is -2.90. The molecule has 2 aromatic carbocycles. The lowest BCUT2D eigenvalue weighted by Crippen LogP contribution is -2.30. The van der Waals surface area contributed by atoms with E-state index < -0.39 is 0 Å². The normalized spacial score (nSPS) is 15.0. The highest BCUT2D eigenvalue weighted by atomic mass is 32.2. The van der Waals surface area contributed by atoms with Gasteiger partial charge in [0, 0.05) is 11.1 Å². The molecule has 0 radical (unpaired) electrons. The van der Waals surface area contributed by atoms with Crippen molar-refractivity contribution in [1.29, 1.82) is 0 Å². The topological polar surface area (TPSA) is 54.8 Å². The lowest BCUT2D eigenvalue weighted by atomic mass is 10.1. The molecule has 4 rings (SSSR count). The zero-order valence-corrected chi connectivity index (χ0v) is 19.5. The SMILES string of the molecule is COc1ccc(/C=C2\N=C(SCc3csc(C)n3)N(c3cc(C)cc(C)c3)C2=O)cc1. The van der Waals surface area contributed by atoms with Gasteiger partial charge < -0.3 is 4.74 Å². The van der Waals surface area contributed by atoms with E-state index in [9.17, 15) is 4.79 Å². The number of hydrogen-bond acceptors (Lipinski definition) is 6. The standard InChI is InChI=1S/C24H23N3O2S2/c1-15-9-16(2)11-20(10-15)27-23(28)22(12-18-5-7-21(29-4)8-6-18)26-24(27)31-14-19-13-30-17(3)25-19/h5-13H,14H2,1-4H3/b22-12-. The summed E-state index contributed by atoms with van der Waals surface area (Å²) >= 11 is 3.16. The van der Waals surface area contributed by atoms with Crippen LogP contribution in [0.1, 0.15) is 27.4 Å². The van der Waals surface area contributed by atoms with Crippen molar-refractivity contribution in [3.05, 3.63) is 80.9 Å². The maximum absolute atomic E-state index is 13.4. The van der Waals surface area contributed by atoms with Gasteiger partial charge in [0.2, 0.25) is 0 Å². The maximum atomic E-state index is 13.4. The van der Waals surface area contributed by atoms with Crippen molar-refractivity contribution in [2.75, 3.05) is 12.0 Å². The minimum Gasteiger partial charge on any atom is -0.497 e. The Balaban J connectivity index is 1.68. The van der Waals surface area contributed by atoms with Crippen LogP contribution in [0, 0.1) is 20.8 Å². The molecule has 3 aromatic rings. The number of amides is 1. The molecule has 0 fully saturated rings. The molecule has 1 aliphatic heterocycles. The average Bonchev–Trinajstić information content (AvgIpc) is 3.29. The third kappa shape index (κ3) is 4.89. The summed E-state index contributed by atoms with van der Waals surface area (Å²) in [5, 5.41) is 3.75. The first kappa shape index (κ1) is 21.3. The van der Waals surface area contributed by atoms with Gasteiger partial charge in [0.05, 0.1) is 23.5 Å². The van der Waals surface area contributed by atoms with Crippen LogP contribution < -0.4 is 9.64 Å². The molecule has 1 aromatic heterocycles. The number of carbonyl (C=O) groups excluding carboxylic acids is 1. The predicted octanol–water partition coefficient (Wildman–Crippen LogP) is 5.75. The summed E-state index contributed by atoms with van der Waals surface area (Å²) < 4.78 is 5.22. The van der Waals surface area contributed by atoms with E-state index in [0.29, 0.717) is 16.6 Å². The summed E-state index contributed by atoms with van der Waals surface area (Å²) in [5.74, 6) is 1.31. The number of rotatable bonds is 5. The molecule has 1 amide bonds. The number of amidine groups is 1. The van der Waals surface area contributed by atoms with E-state index in [4.69, 9.17) is 9.73 Å². The van der Waals surface area contributed by atoms with Gasteiger partial charge in [-0.2, -0.15) is 0 Å². The number of aryl methyl sites for hydroxylation is 3. The number of carbonyl (C=O) groups is 1. The molecule has 0 unspecified atom stereocenters. The summed E-state index contributed by atoms with van der Waals surface area (Å²) in [6.45, 7) is 6.06. The molecule has 0 atom stereocenters. The summed E-state index contributed by atoms with van der Waals surface area (Å²) in [5.41, 5.74) is 5.36. The Morgan fingerprint density at radius 1 is 1.10 bits per heavy atom. The Morgan fingerprint density at radius 2 is 1.81 bits per heavy atom. The Morgan fingerprint density at radius 3 is 2.42 bits per heavy atom. The van der Waals surface area contributed by atoms with Gasteiger partial charge in [-0.15, -0.1) is 11.3 Å². The Kier molecular flexibility index (Phi) is 6.25. The summed E-state index contributed by atoms with van der Waals surface area (Å²) in [7, 11) is 1.63. The highest BCUT2D eigenvalue weighted by Crippen LogP contribution is 2.32. The van der Waals surface area contributed by atoms with Crippen LogP contribution in [0.4, 0.5) is 5.69 Å². The molecule has 2 heterocycles. The molecule has 0 N–H and O–H groups in total. The van der Waals surface area contributed by atoms with Gasteiger partial charge in [-0.25, -0.2) is 9.98 Å². The second kappa shape index (κ2) is 9.08. The van der Waals surface area contributed by atoms with Crippen molar-refractivity contribution in [3.63, 3.8) is 0 Å². The van der Waals surface area contributed by atoms with E-state index in [0.717, 1.165) is 38.8 Å². The number of ether oxygens (including phenoxy) is 1. The van der Waals surface area contributed by atoms with Gasteiger partial charge in [0.1, 0.15) is 11.4 Å². The maximum Gasteiger partial charge on any atom is 0.283 e. The van der Waals surface area contributed by atoms with Crippen molar-refractivity contribution in [2.24, 2.45) is 4.99 Å². The van der Waals surface area contributed by atoms with Gasteiger partial charge in [-0.3, -0.25) is 9.69 Å². The zero-order chi connectivity index (χ0) is 22.0. The van der Waals surface area contributed by atoms with Gasteiger partial charge >= 0.3 is 0 Å². The van der Waals surface area contributed by atoms with E-state index in [1.807, 2.05) is 63.2 Å². The van der Waals surface area contributed by atoms with Crippen molar-refractivity contribution in [2.45, 2.75) is 26.5 Å². The zero-order valence-electron chi connectivity index (χ0n) is 17.9. The highest BCUT2D eigenvalue weighted by Gasteiger charge is 2.32. The van der Waals surface area contributed by atoms with E-state index in [1.165, 1.54) is 11.8 Å². The number of thiazole rings is 1. The monoisotopic (exact) mass is 449 g/mol. The fourth-order valence-electron chi connectivity index (χ4n) is 3.37. The van der Waals surface area contributed by atoms with Crippen molar-refractivity contribution < 1.29 is 9.53 Å². The van der Waals surface area contributed by atoms with Crippen LogP contribution in [0.2, 0.25) is 0 Å². The van der Waals surface area contributed by atoms with Crippen LogP contribution in [0.5, 0.6) is 5.75 Å². The van der Waals surface area contributed by atoms with Crippen molar-refractivity contribution in [1.82, 2.24) is 4.98 Å². The number of aromatic nitrogens is 1. The van der Waals surface area contributed by atoms with Gasteiger partial charge in [0.15, 0.2) is 5.17 Å². The van der Waals surface area contributed by atoms with Gasteiger partial charge in [-0.05, 0) is 67.8 Å². The fraction of sp³-hybridized carbons (Fsp3) is 0.208. The van der Waals surface area contributed by atoms with E-state index >= 15 is 0 Å². The Labute approximate surface area is 190 Å². The number of benzene rings is 2. The van der Waals surface area contributed by atoms with Crippen LogP contribution in [-0.2, 0) is 10.5 Å². The lowest BCUT2D eigenvalue weighted by Gasteiger charge is -2.19. The first-order chi connectivity index (χ1) is 14.9. The van der Waals surface area contributed by atoms with Crippen molar-refractivity contribution >= 4 is 45.9 Å². The number of hydrogen-bond donors (Lipinski definition) is 0. The third-order valence-corrected chi connectivity index (χ3v) is 6.52. The van der Waals surface area contributed by atoms with Crippen LogP contribution in [-0.4, -0.2) is 23.2 Å². The summed E-state index contributed by atoms with van der Waals surface area (Å²) in [6.07, 6.45) is 1.82. The molecule has 31 heavy (non-hydrogen) atoms. The smallest absolute Gasteiger partial charge is 0.283 e. The first-order valence-electron chi connectivity index (χ1n) is 9.84. The minimum absolute atomic E-state index is 0.127. The lowest BCUT2D eigenvalue weighted by molar-refractivity contribution is -0.113. The van der Waals surface area contributed by atoms with Crippen LogP contribution in [0.15, 0.2) is 58.5 Å². The molecule has 0 saturated carbocycles. The molecule has 1 aliphatic rings. The first-order valence-corrected chi connectivity index (χ1v) is 11.7. The van der Waals surface area contributed by atoms with Gasteiger partial charge in [-0.1, -0.05) is 30.0 Å².